The molecule has 0 aliphatic heterocycles. The Bertz CT molecular complexity index is 304. The van der Waals surface area contributed by atoms with E-state index in [2.05, 4.69) is 5.32 Å². The Balaban J connectivity index is 2.09. The van der Waals surface area contributed by atoms with Gasteiger partial charge in [-0.2, -0.15) is 11.8 Å². The van der Waals surface area contributed by atoms with Gasteiger partial charge in [-0.05, 0) is 25.3 Å². The molecule has 1 aromatic rings. The average molecular weight is 255 g/mol. The lowest BCUT2D eigenvalue weighted by atomic mass is 10.1. The van der Waals surface area contributed by atoms with E-state index in [9.17, 15) is 5.11 Å². The highest BCUT2D eigenvalue weighted by molar-refractivity contribution is 7.98. The van der Waals surface area contributed by atoms with E-state index in [0.717, 1.165) is 18.0 Å². The third-order valence-electron chi connectivity index (χ3n) is 2.25. The number of benzene rings is 1. The van der Waals surface area contributed by atoms with Crippen molar-refractivity contribution in [3.05, 3.63) is 30.3 Å². The van der Waals surface area contributed by atoms with E-state index in [0.29, 0.717) is 13.2 Å². The second-order valence-electron chi connectivity index (χ2n) is 4.27. The molecule has 17 heavy (non-hydrogen) atoms. The molecule has 0 fully saturated rings. The number of ether oxygens (including phenoxy) is 1. The fourth-order valence-electron chi connectivity index (χ4n) is 1.48. The van der Waals surface area contributed by atoms with E-state index in [1.807, 2.05) is 43.5 Å². The maximum atomic E-state index is 9.91. The third kappa shape index (κ3) is 6.56. The number of rotatable bonds is 8. The topological polar surface area (TPSA) is 41.5 Å². The Hall–Kier alpha value is -0.710. The summed E-state index contributed by atoms with van der Waals surface area (Å²) in [7, 11) is 0. The van der Waals surface area contributed by atoms with Crippen LogP contribution in [0.4, 0.5) is 0 Å². The summed E-state index contributed by atoms with van der Waals surface area (Å²) in [6.07, 6.45) is 1.99. The first-order valence-corrected chi connectivity index (χ1v) is 7.13. The van der Waals surface area contributed by atoms with E-state index < -0.39 is 5.60 Å². The smallest absolute Gasteiger partial charge is 0.119 e. The molecule has 1 rings (SSSR count). The zero-order chi connectivity index (χ0) is 12.6. The van der Waals surface area contributed by atoms with Gasteiger partial charge in [0.2, 0.25) is 0 Å². The molecule has 0 radical (unpaired) electrons. The van der Waals surface area contributed by atoms with Crippen LogP contribution in [-0.2, 0) is 0 Å². The van der Waals surface area contributed by atoms with Gasteiger partial charge in [-0.1, -0.05) is 18.2 Å². The molecule has 0 bridgehead atoms. The Morgan fingerprint density at radius 3 is 2.71 bits per heavy atom. The molecule has 1 aromatic carbocycles. The normalized spacial score (nSPS) is 14.3. The van der Waals surface area contributed by atoms with Crippen molar-refractivity contribution in [2.45, 2.75) is 12.5 Å². The predicted molar refractivity (Wildman–Crippen MR) is 73.8 cm³/mol. The molecule has 0 aliphatic carbocycles. The summed E-state index contributed by atoms with van der Waals surface area (Å²) in [5.74, 6) is 1.62. The highest BCUT2D eigenvalue weighted by Gasteiger charge is 2.18. The lowest BCUT2D eigenvalue weighted by Crippen LogP contribution is -2.41. The summed E-state index contributed by atoms with van der Waals surface area (Å²) in [5, 5.41) is 13.1. The number of nitrogens with one attached hydrogen (secondary N) is 1. The molecule has 3 nitrogen and oxygen atoms in total. The molecular formula is C13H21NO2S. The summed E-state index contributed by atoms with van der Waals surface area (Å²) >= 11 is 1.65. The van der Waals surface area contributed by atoms with E-state index in [1.165, 1.54) is 0 Å². The molecule has 0 aliphatic rings. The number of hydrogen-bond donors (Lipinski definition) is 2. The van der Waals surface area contributed by atoms with Crippen molar-refractivity contribution >= 4 is 11.8 Å². The van der Waals surface area contributed by atoms with Crippen LogP contribution in [0.5, 0.6) is 5.75 Å². The summed E-state index contributed by atoms with van der Waals surface area (Å²) in [6.45, 7) is 3.78. The SMILES string of the molecule is CSCC(C)(O)CNCCOc1ccccc1. The molecule has 0 spiro atoms. The summed E-state index contributed by atoms with van der Waals surface area (Å²) in [6, 6.07) is 9.73. The first-order chi connectivity index (χ1) is 8.14. The van der Waals surface area contributed by atoms with Gasteiger partial charge >= 0.3 is 0 Å². The Morgan fingerprint density at radius 2 is 2.06 bits per heavy atom. The average Bonchev–Trinajstić information content (AvgIpc) is 2.30. The van der Waals surface area contributed by atoms with E-state index in [4.69, 9.17) is 4.74 Å². The van der Waals surface area contributed by atoms with Gasteiger partial charge in [0.1, 0.15) is 12.4 Å². The minimum atomic E-state index is -0.647. The van der Waals surface area contributed by atoms with Gasteiger partial charge in [-0.25, -0.2) is 0 Å². The van der Waals surface area contributed by atoms with Crippen LogP contribution < -0.4 is 10.1 Å². The number of aliphatic hydroxyl groups is 1. The first-order valence-electron chi connectivity index (χ1n) is 5.74. The van der Waals surface area contributed by atoms with Crippen molar-refractivity contribution in [2.24, 2.45) is 0 Å². The summed E-state index contributed by atoms with van der Waals surface area (Å²) in [4.78, 5) is 0. The van der Waals surface area contributed by atoms with Crippen LogP contribution in [0.25, 0.3) is 0 Å². The van der Waals surface area contributed by atoms with Crippen LogP contribution in [0, 0.1) is 0 Å². The van der Waals surface area contributed by atoms with Gasteiger partial charge in [0.25, 0.3) is 0 Å². The summed E-state index contributed by atoms with van der Waals surface area (Å²) in [5.41, 5.74) is -0.647. The van der Waals surface area contributed by atoms with Gasteiger partial charge < -0.3 is 15.2 Å². The Kier molecular flexibility index (Phi) is 6.40. The standard InChI is InChI=1S/C13H21NO2S/c1-13(15,11-17-2)10-14-8-9-16-12-6-4-3-5-7-12/h3-7,14-15H,8-11H2,1-2H3. The van der Waals surface area contributed by atoms with Crippen molar-refractivity contribution in [1.82, 2.24) is 5.32 Å². The van der Waals surface area contributed by atoms with Crippen molar-refractivity contribution < 1.29 is 9.84 Å². The molecule has 96 valence electrons. The maximum Gasteiger partial charge on any atom is 0.119 e. The molecule has 0 amide bonds. The largest absolute Gasteiger partial charge is 0.492 e. The van der Waals surface area contributed by atoms with Crippen LogP contribution in [0.15, 0.2) is 30.3 Å². The third-order valence-corrected chi connectivity index (χ3v) is 3.16. The van der Waals surface area contributed by atoms with Crippen molar-refractivity contribution in [3.8, 4) is 5.75 Å². The molecule has 0 aromatic heterocycles. The van der Waals surface area contributed by atoms with Gasteiger partial charge in [0.05, 0.1) is 5.60 Å². The van der Waals surface area contributed by atoms with Crippen LogP contribution in [0.2, 0.25) is 0 Å². The lowest BCUT2D eigenvalue weighted by molar-refractivity contribution is 0.0839. The van der Waals surface area contributed by atoms with E-state index >= 15 is 0 Å². The van der Waals surface area contributed by atoms with Gasteiger partial charge in [-0.15, -0.1) is 0 Å². The van der Waals surface area contributed by atoms with E-state index in [1.54, 1.807) is 11.8 Å². The van der Waals surface area contributed by atoms with Crippen LogP contribution in [0.3, 0.4) is 0 Å². The Labute approximate surface area is 108 Å². The number of thioether (sulfide) groups is 1. The maximum absolute atomic E-state index is 9.91. The second kappa shape index (κ2) is 7.58. The predicted octanol–water partition coefficient (Wildman–Crippen LogP) is 1.77. The minimum Gasteiger partial charge on any atom is -0.492 e. The highest BCUT2D eigenvalue weighted by atomic mass is 32.2. The van der Waals surface area contributed by atoms with Crippen LogP contribution in [-0.4, -0.2) is 42.4 Å². The molecule has 1 atom stereocenters. The van der Waals surface area contributed by atoms with Gasteiger partial charge in [0, 0.05) is 18.8 Å². The lowest BCUT2D eigenvalue weighted by Gasteiger charge is -2.22. The molecule has 0 heterocycles. The highest BCUT2D eigenvalue weighted by Crippen LogP contribution is 2.09. The van der Waals surface area contributed by atoms with Gasteiger partial charge in [-0.3, -0.25) is 0 Å². The fourth-order valence-corrected chi connectivity index (χ4v) is 2.20. The molecule has 1 unspecified atom stereocenters. The fraction of sp³-hybridized carbons (Fsp3) is 0.538. The van der Waals surface area contributed by atoms with Crippen molar-refractivity contribution in [1.29, 1.82) is 0 Å². The number of hydrogen-bond acceptors (Lipinski definition) is 4. The zero-order valence-corrected chi connectivity index (χ0v) is 11.3. The molecular weight excluding hydrogens is 234 g/mol. The first kappa shape index (κ1) is 14.4. The second-order valence-corrected chi connectivity index (χ2v) is 5.13. The van der Waals surface area contributed by atoms with Crippen LogP contribution >= 0.6 is 11.8 Å². The zero-order valence-electron chi connectivity index (χ0n) is 10.5. The minimum absolute atomic E-state index is 0.589. The van der Waals surface area contributed by atoms with Crippen molar-refractivity contribution in [2.75, 3.05) is 31.7 Å². The quantitative estimate of drug-likeness (QED) is 0.695. The van der Waals surface area contributed by atoms with Crippen molar-refractivity contribution in [3.63, 3.8) is 0 Å². The van der Waals surface area contributed by atoms with Crippen LogP contribution in [0.1, 0.15) is 6.92 Å². The Morgan fingerprint density at radius 1 is 1.35 bits per heavy atom. The number of para-hydroxylation sites is 1. The summed E-state index contributed by atoms with van der Waals surface area (Å²) < 4.78 is 5.53. The molecule has 0 saturated carbocycles. The molecule has 4 heteroatoms. The monoisotopic (exact) mass is 255 g/mol. The molecule has 0 saturated heterocycles. The van der Waals surface area contributed by atoms with Gasteiger partial charge in [0.15, 0.2) is 0 Å². The molecule has 2 N–H and O–H groups in total. The van der Waals surface area contributed by atoms with E-state index in [-0.39, 0.29) is 0 Å².